The summed E-state index contributed by atoms with van der Waals surface area (Å²) in [4.78, 5) is 0. The van der Waals surface area contributed by atoms with E-state index in [4.69, 9.17) is 10.5 Å². The number of ether oxygens (including phenoxy) is 1. The molecule has 0 fully saturated rings. The van der Waals surface area contributed by atoms with Gasteiger partial charge in [-0.05, 0) is 25.5 Å². The van der Waals surface area contributed by atoms with Gasteiger partial charge in [-0.2, -0.15) is 5.10 Å². The first kappa shape index (κ1) is 14.1. The van der Waals surface area contributed by atoms with Crippen LogP contribution in [0.3, 0.4) is 0 Å². The molecule has 21 heavy (non-hydrogen) atoms. The molecule has 4 heteroatoms. The Morgan fingerprint density at radius 1 is 1.38 bits per heavy atom. The van der Waals surface area contributed by atoms with Gasteiger partial charge in [0.2, 0.25) is 0 Å². The van der Waals surface area contributed by atoms with Crippen LogP contribution in [0.2, 0.25) is 0 Å². The van der Waals surface area contributed by atoms with Gasteiger partial charge in [0, 0.05) is 36.2 Å². The molecule has 2 heterocycles. The van der Waals surface area contributed by atoms with Gasteiger partial charge in [0.05, 0.1) is 12.3 Å². The summed E-state index contributed by atoms with van der Waals surface area (Å²) < 4.78 is 7.75. The smallest absolute Gasteiger partial charge is 0.122 e. The minimum absolute atomic E-state index is 0.0360. The molecule has 1 aromatic heterocycles. The van der Waals surface area contributed by atoms with Gasteiger partial charge in [0.15, 0.2) is 0 Å². The lowest BCUT2D eigenvalue weighted by molar-refractivity contribution is 0.312. The third kappa shape index (κ3) is 2.81. The van der Waals surface area contributed by atoms with Gasteiger partial charge in [-0.15, -0.1) is 0 Å². The van der Waals surface area contributed by atoms with E-state index in [9.17, 15) is 0 Å². The van der Waals surface area contributed by atoms with Gasteiger partial charge >= 0.3 is 0 Å². The zero-order valence-corrected chi connectivity index (χ0v) is 12.7. The Morgan fingerprint density at radius 2 is 2.19 bits per heavy atom. The molecule has 2 N–H and O–H groups in total. The Balaban J connectivity index is 1.70. The zero-order chi connectivity index (χ0) is 14.8. The predicted octanol–water partition coefficient (Wildman–Crippen LogP) is 2.90. The van der Waals surface area contributed by atoms with Crippen LogP contribution in [0.25, 0.3) is 0 Å². The van der Waals surface area contributed by atoms with Crippen molar-refractivity contribution in [2.24, 2.45) is 5.73 Å². The minimum atomic E-state index is 0.0360. The van der Waals surface area contributed by atoms with Crippen molar-refractivity contribution in [2.75, 3.05) is 6.61 Å². The van der Waals surface area contributed by atoms with Crippen LogP contribution in [-0.2, 0) is 6.42 Å². The molecule has 0 bridgehead atoms. The topological polar surface area (TPSA) is 53.1 Å². The summed E-state index contributed by atoms with van der Waals surface area (Å²) in [5, 5.41) is 4.64. The maximum absolute atomic E-state index is 6.41. The average molecular weight is 285 g/mol. The van der Waals surface area contributed by atoms with Crippen LogP contribution in [0.5, 0.6) is 5.75 Å². The number of fused-ring (bicyclic) bond motifs is 1. The van der Waals surface area contributed by atoms with Crippen molar-refractivity contribution in [1.82, 2.24) is 9.78 Å². The molecule has 0 saturated heterocycles. The van der Waals surface area contributed by atoms with E-state index in [2.05, 4.69) is 37.3 Å². The van der Waals surface area contributed by atoms with E-state index in [1.807, 2.05) is 22.9 Å². The summed E-state index contributed by atoms with van der Waals surface area (Å²) in [5.41, 5.74) is 8.70. The molecule has 3 atom stereocenters. The van der Waals surface area contributed by atoms with Crippen LogP contribution in [0.1, 0.15) is 43.5 Å². The molecule has 112 valence electrons. The molecule has 4 nitrogen and oxygen atoms in total. The molecule has 3 unspecified atom stereocenters. The van der Waals surface area contributed by atoms with Gasteiger partial charge in [-0.1, -0.05) is 25.1 Å². The highest BCUT2D eigenvalue weighted by Crippen LogP contribution is 2.35. The average Bonchev–Trinajstić information content (AvgIpc) is 3.12. The van der Waals surface area contributed by atoms with Crippen molar-refractivity contribution >= 4 is 0 Å². The van der Waals surface area contributed by atoms with E-state index in [-0.39, 0.29) is 12.0 Å². The van der Waals surface area contributed by atoms with Crippen LogP contribution in [0.4, 0.5) is 0 Å². The molecule has 3 rings (SSSR count). The molecule has 0 saturated carbocycles. The minimum Gasteiger partial charge on any atom is -0.493 e. The van der Waals surface area contributed by atoms with Crippen LogP contribution in [0.15, 0.2) is 36.5 Å². The lowest BCUT2D eigenvalue weighted by Crippen LogP contribution is -2.32. The molecule has 2 aromatic rings. The second-order valence-corrected chi connectivity index (χ2v) is 5.87. The summed E-state index contributed by atoms with van der Waals surface area (Å²) in [7, 11) is 0. The molecule has 0 aliphatic carbocycles. The largest absolute Gasteiger partial charge is 0.493 e. The van der Waals surface area contributed by atoms with E-state index in [1.54, 1.807) is 0 Å². The number of benzene rings is 1. The third-order valence-electron chi connectivity index (χ3n) is 4.40. The SMILES string of the molecule is CCC(C)n1ccc(CC(N)C2COc3ccccc32)n1. The lowest BCUT2D eigenvalue weighted by Gasteiger charge is -2.17. The number of rotatable bonds is 5. The summed E-state index contributed by atoms with van der Waals surface area (Å²) in [6.07, 6.45) is 3.91. The Kier molecular flexibility index (Phi) is 3.97. The summed E-state index contributed by atoms with van der Waals surface area (Å²) in [6.45, 7) is 5.02. The quantitative estimate of drug-likeness (QED) is 0.919. The number of nitrogens with zero attached hydrogens (tertiary/aromatic N) is 2. The highest BCUT2D eigenvalue weighted by Gasteiger charge is 2.29. The zero-order valence-electron chi connectivity index (χ0n) is 12.7. The van der Waals surface area contributed by atoms with Gasteiger partial charge in [-0.25, -0.2) is 0 Å². The highest BCUT2D eigenvalue weighted by atomic mass is 16.5. The molecular weight excluding hydrogens is 262 g/mol. The van der Waals surface area contributed by atoms with Crippen molar-refractivity contribution in [1.29, 1.82) is 0 Å². The van der Waals surface area contributed by atoms with Gasteiger partial charge in [0.25, 0.3) is 0 Å². The van der Waals surface area contributed by atoms with Crippen LogP contribution in [0, 0.1) is 0 Å². The van der Waals surface area contributed by atoms with E-state index >= 15 is 0 Å². The van der Waals surface area contributed by atoms with Crippen molar-refractivity contribution < 1.29 is 4.74 Å². The molecule has 0 radical (unpaired) electrons. The second-order valence-electron chi connectivity index (χ2n) is 5.87. The first-order valence-corrected chi connectivity index (χ1v) is 7.70. The Hall–Kier alpha value is -1.81. The summed E-state index contributed by atoms with van der Waals surface area (Å²) in [5.74, 6) is 1.23. The standard InChI is InChI=1S/C17H23N3O/c1-3-12(2)20-9-8-13(19-20)10-16(18)15-11-21-17-7-5-4-6-14(15)17/h4-9,12,15-16H,3,10-11,18H2,1-2H3. The fraction of sp³-hybridized carbons (Fsp3) is 0.471. The van der Waals surface area contributed by atoms with E-state index in [0.29, 0.717) is 12.6 Å². The summed E-state index contributed by atoms with van der Waals surface area (Å²) in [6, 6.07) is 10.7. The number of aromatic nitrogens is 2. The van der Waals surface area contributed by atoms with Gasteiger partial charge in [-0.3, -0.25) is 4.68 Å². The van der Waals surface area contributed by atoms with Gasteiger partial charge < -0.3 is 10.5 Å². The Labute approximate surface area is 125 Å². The normalized spacial score (nSPS) is 19.9. The number of para-hydroxylation sites is 1. The maximum atomic E-state index is 6.41. The van der Waals surface area contributed by atoms with Crippen LogP contribution < -0.4 is 10.5 Å². The fourth-order valence-corrected chi connectivity index (χ4v) is 2.84. The highest BCUT2D eigenvalue weighted by molar-refractivity contribution is 5.40. The molecule has 0 amide bonds. The van der Waals surface area contributed by atoms with Crippen molar-refractivity contribution in [2.45, 2.75) is 44.7 Å². The predicted molar refractivity (Wildman–Crippen MR) is 83.6 cm³/mol. The molecule has 1 aliphatic heterocycles. The van der Waals surface area contributed by atoms with E-state index < -0.39 is 0 Å². The van der Waals surface area contributed by atoms with E-state index in [1.165, 1.54) is 5.56 Å². The van der Waals surface area contributed by atoms with E-state index in [0.717, 1.165) is 24.3 Å². The Morgan fingerprint density at radius 3 is 3.00 bits per heavy atom. The van der Waals surface area contributed by atoms with Crippen molar-refractivity contribution in [3.63, 3.8) is 0 Å². The molecular formula is C17H23N3O. The van der Waals surface area contributed by atoms with Crippen LogP contribution >= 0.6 is 0 Å². The summed E-state index contributed by atoms with van der Waals surface area (Å²) >= 11 is 0. The van der Waals surface area contributed by atoms with Crippen LogP contribution in [-0.4, -0.2) is 22.4 Å². The first-order valence-electron chi connectivity index (χ1n) is 7.70. The second kappa shape index (κ2) is 5.90. The monoisotopic (exact) mass is 285 g/mol. The number of hydrogen-bond donors (Lipinski definition) is 1. The lowest BCUT2D eigenvalue weighted by atomic mass is 9.91. The molecule has 1 aliphatic rings. The number of nitrogens with two attached hydrogens (primary N) is 1. The van der Waals surface area contributed by atoms with Gasteiger partial charge in [0.1, 0.15) is 5.75 Å². The fourth-order valence-electron chi connectivity index (χ4n) is 2.84. The Bertz CT molecular complexity index is 608. The first-order chi connectivity index (χ1) is 10.2. The van der Waals surface area contributed by atoms with Crippen molar-refractivity contribution in [3.05, 3.63) is 47.8 Å². The number of hydrogen-bond acceptors (Lipinski definition) is 3. The van der Waals surface area contributed by atoms with Crippen molar-refractivity contribution in [3.8, 4) is 5.75 Å². The maximum Gasteiger partial charge on any atom is 0.122 e. The molecule has 1 aromatic carbocycles. The molecule has 0 spiro atoms. The third-order valence-corrected chi connectivity index (χ3v) is 4.40.